The Morgan fingerprint density at radius 1 is 1.08 bits per heavy atom. The summed E-state index contributed by atoms with van der Waals surface area (Å²) in [5.74, 6) is 1.10. The second-order valence-corrected chi connectivity index (χ2v) is 9.45. The highest BCUT2D eigenvalue weighted by molar-refractivity contribution is 7.98. The molecule has 4 aromatic rings. The molecular weight excluding hydrogens is 523 g/mol. The molecule has 0 aliphatic rings. The van der Waals surface area contributed by atoms with Crippen LogP contribution in [0.2, 0.25) is 10.0 Å². The van der Waals surface area contributed by atoms with E-state index in [9.17, 15) is 14.9 Å². The van der Waals surface area contributed by atoms with Crippen molar-refractivity contribution in [1.82, 2.24) is 20.1 Å². The van der Waals surface area contributed by atoms with Crippen LogP contribution in [0.3, 0.4) is 0 Å². The second-order valence-electron chi connectivity index (χ2n) is 7.67. The minimum atomic E-state index is -0.565. The molecule has 1 unspecified atom stereocenters. The van der Waals surface area contributed by atoms with Gasteiger partial charge in [-0.3, -0.25) is 14.7 Å². The molecule has 0 bridgehead atoms. The molecule has 9 nitrogen and oxygen atoms in total. The lowest BCUT2D eigenvalue weighted by Crippen LogP contribution is -2.32. The number of hydrogen-bond acceptors (Lipinski definition) is 6. The van der Waals surface area contributed by atoms with E-state index in [0.29, 0.717) is 38.2 Å². The molecule has 0 saturated heterocycles. The number of nitro groups is 1. The SMILES string of the molecule is CC(NC(=O)Nc1ccc(Cl)cc1Cl)c1nnc(SCc2ccccc2)n1-c1ccc([N+](=O)[O-])cc1. The van der Waals surface area contributed by atoms with Crippen LogP contribution < -0.4 is 10.6 Å². The Hall–Kier alpha value is -3.60. The summed E-state index contributed by atoms with van der Waals surface area (Å²) in [4.78, 5) is 23.3. The first kappa shape index (κ1) is 25.5. The molecule has 1 atom stereocenters. The molecule has 0 spiro atoms. The summed E-state index contributed by atoms with van der Waals surface area (Å²) in [6.45, 7) is 1.76. The third-order valence-electron chi connectivity index (χ3n) is 5.10. The van der Waals surface area contributed by atoms with Gasteiger partial charge in [0.05, 0.1) is 21.7 Å². The topological polar surface area (TPSA) is 115 Å². The highest BCUT2D eigenvalue weighted by Crippen LogP contribution is 2.29. The molecule has 1 heterocycles. The Bertz CT molecular complexity index is 1380. The van der Waals surface area contributed by atoms with Crippen molar-refractivity contribution in [3.63, 3.8) is 0 Å². The monoisotopic (exact) mass is 542 g/mol. The molecule has 184 valence electrons. The number of anilines is 1. The van der Waals surface area contributed by atoms with Crippen LogP contribution in [0.5, 0.6) is 0 Å². The number of non-ortho nitro benzene ring substituents is 1. The Kier molecular flexibility index (Phi) is 8.09. The number of nitrogens with zero attached hydrogens (tertiary/aromatic N) is 4. The summed E-state index contributed by atoms with van der Waals surface area (Å²) in [7, 11) is 0. The molecule has 0 aliphatic carbocycles. The molecule has 2 N–H and O–H groups in total. The maximum absolute atomic E-state index is 12.7. The fourth-order valence-electron chi connectivity index (χ4n) is 3.35. The van der Waals surface area contributed by atoms with Crippen LogP contribution in [0.1, 0.15) is 24.4 Å². The third-order valence-corrected chi connectivity index (χ3v) is 6.65. The van der Waals surface area contributed by atoms with Gasteiger partial charge in [-0.2, -0.15) is 0 Å². The fraction of sp³-hybridized carbons (Fsp3) is 0.125. The lowest BCUT2D eigenvalue weighted by atomic mass is 10.2. The summed E-state index contributed by atoms with van der Waals surface area (Å²) < 4.78 is 1.78. The predicted octanol–water partition coefficient (Wildman–Crippen LogP) is 6.66. The largest absolute Gasteiger partial charge is 0.328 e. The molecule has 4 rings (SSSR count). The molecule has 0 radical (unpaired) electrons. The summed E-state index contributed by atoms with van der Waals surface area (Å²) in [6.07, 6.45) is 0. The van der Waals surface area contributed by atoms with Crippen LogP contribution in [-0.4, -0.2) is 25.7 Å². The van der Waals surface area contributed by atoms with Crippen molar-refractivity contribution in [3.05, 3.63) is 104 Å². The molecular formula is C24H20Cl2N6O3S. The predicted molar refractivity (Wildman–Crippen MR) is 141 cm³/mol. The minimum Gasteiger partial charge on any atom is -0.328 e. The van der Waals surface area contributed by atoms with Crippen molar-refractivity contribution >= 4 is 52.4 Å². The van der Waals surface area contributed by atoms with E-state index >= 15 is 0 Å². The summed E-state index contributed by atoms with van der Waals surface area (Å²) in [5, 5.41) is 26.6. The maximum atomic E-state index is 12.7. The molecule has 36 heavy (non-hydrogen) atoms. The van der Waals surface area contributed by atoms with Gasteiger partial charge < -0.3 is 10.6 Å². The second kappa shape index (κ2) is 11.4. The van der Waals surface area contributed by atoms with Crippen LogP contribution in [0.15, 0.2) is 78.0 Å². The van der Waals surface area contributed by atoms with Gasteiger partial charge in [-0.15, -0.1) is 10.2 Å². The Labute approximate surface area is 221 Å². The van der Waals surface area contributed by atoms with E-state index in [1.165, 1.54) is 30.0 Å². The highest BCUT2D eigenvalue weighted by atomic mass is 35.5. The van der Waals surface area contributed by atoms with Crippen LogP contribution >= 0.6 is 35.0 Å². The number of urea groups is 1. The van der Waals surface area contributed by atoms with E-state index in [1.807, 2.05) is 30.3 Å². The van der Waals surface area contributed by atoms with E-state index < -0.39 is 17.0 Å². The van der Waals surface area contributed by atoms with Crippen molar-refractivity contribution in [1.29, 1.82) is 0 Å². The molecule has 1 aromatic heterocycles. The van der Waals surface area contributed by atoms with E-state index in [-0.39, 0.29) is 5.69 Å². The van der Waals surface area contributed by atoms with Gasteiger partial charge in [0.1, 0.15) is 0 Å². The Balaban J connectivity index is 1.59. The maximum Gasteiger partial charge on any atom is 0.319 e. The zero-order valence-electron chi connectivity index (χ0n) is 18.9. The molecule has 12 heteroatoms. The summed E-state index contributed by atoms with van der Waals surface area (Å²) >= 11 is 13.5. The molecule has 0 saturated carbocycles. The summed E-state index contributed by atoms with van der Waals surface area (Å²) in [5.41, 5.74) is 2.11. The van der Waals surface area contributed by atoms with E-state index in [1.54, 1.807) is 35.8 Å². The van der Waals surface area contributed by atoms with Crippen molar-refractivity contribution < 1.29 is 9.72 Å². The molecule has 3 aromatic carbocycles. The van der Waals surface area contributed by atoms with Gasteiger partial charge in [0.25, 0.3) is 5.69 Å². The van der Waals surface area contributed by atoms with Crippen LogP contribution in [0.25, 0.3) is 5.69 Å². The average Bonchev–Trinajstić information content (AvgIpc) is 3.29. The number of carbonyl (C=O) groups is 1. The first-order chi connectivity index (χ1) is 17.3. The number of hydrogen-bond donors (Lipinski definition) is 2. The zero-order chi connectivity index (χ0) is 25.7. The Morgan fingerprint density at radius 3 is 2.47 bits per heavy atom. The average molecular weight is 543 g/mol. The number of aromatic nitrogens is 3. The number of carbonyl (C=O) groups excluding carboxylic acids is 1. The summed E-state index contributed by atoms with van der Waals surface area (Å²) in [6, 6.07) is 19.7. The number of nitrogens with one attached hydrogen (secondary N) is 2. The van der Waals surface area contributed by atoms with Gasteiger partial charge in [0.15, 0.2) is 11.0 Å². The highest BCUT2D eigenvalue weighted by Gasteiger charge is 2.22. The van der Waals surface area contributed by atoms with E-state index in [0.717, 1.165) is 5.56 Å². The van der Waals surface area contributed by atoms with Gasteiger partial charge in [-0.25, -0.2) is 4.79 Å². The zero-order valence-corrected chi connectivity index (χ0v) is 21.2. The van der Waals surface area contributed by atoms with Gasteiger partial charge in [0, 0.05) is 28.6 Å². The lowest BCUT2D eigenvalue weighted by Gasteiger charge is -2.17. The fourth-order valence-corrected chi connectivity index (χ4v) is 4.72. The standard InChI is InChI=1S/C24H20Cl2N6O3S/c1-15(27-23(33)28-21-12-7-17(25)13-20(21)26)22-29-30-24(36-14-16-5-3-2-4-6-16)31(22)18-8-10-19(11-9-18)32(34)35/h2-13,15H,14H2,1H3,(H2,27,28,33). The van der Waals surface area contributed by atoms with Crippen molar-refractivity contribution in [2.45, 2.75) is 23.9 Å². The quantitative estimate of drug-likeness (QED) is 0.146. The smallest absolute Gasteiger partial charge is 0.319 e. The molecule has 2 amide bonds. The number of amides is 2. The van der Waals surface area contributed by atoms with Crippen molar-refractivity contribution in [2.75, 3.05) is 5.32 Å². The van der Waals surface area contributed by atoms with Gasteiger partial charge in [-0.05, 0) is 42.8 Å². The van der Waals surface area contributed by atoms with Crippen LogP contribution in [0, 0.1) is 10.1 Å². The van der Waals surface area contributed by atoms with Crippen LogP contribution in [-0.2, 0) is 5.75 Å². The van der Waals surface area contributed by atoms with Crippen LogP contribution in [0.4, 0.5) is 16.2 Å². The Morgan fingerprint density at radius 2 is 1.81 bits per heavy atom. The third kappa shape index (κ3) is 6.14. The van der Waals surface area contributed by atoms with Gasteiger partial charge >= 0.3 is 6.03 Å². The first-order valence-corrected chi connectivity index (χ1v) is 12.5. The minimum absolute atomic E-state index is 0.0303. The normalized spacial score (nSPS) is 11.6. The van der Waals surface area contributed by atoms with E-state index in [2.05, 4.69) is 20.8 Å². The number of nitro benzene ring substituents is 1. The van der Waals surface area contributed by atoms with Gasteiger partial charge in [0.2, 0.25) is 0 Å². The van der Waals surface area contributed by atoms with Crippen molar-refractivity contribution in [2.24, 2.45) is 0 Å². The van der Waals surface area contributed by atoms with E-state index in [4.69, 9.17) is 23.2 Å². The molecule has 0 aliphatic heterocycles. The first-order valence-electron chi connectivity index (χ1n) is 10.7. The molecule has 0 fully saturated rings. The number of rotatable bonds is 8. The van der Waals surface area contributed by atoms with Crippen molar-refractivity contribution in [3.8, 4) is 5.69 Å². The number of halogens is 2. The number of thioether (sulfide) groups is 1. The number of benzene rings is 3. The van der Waals surface area contributed by atoms with Gasteiger partial charge in [-0.1, -0.05) is 65.3 Å². The lowest BCUT2D eigenvalue weighted by molar-refractivity contribution is -0.384.